The van der Waals surface area contributed by atoms with Gasteiger partial charge >= 0.3 is 5.97 Å². The van der Waals surface area contributed by atoms with Gasteiger partial charge in [-0.2, -0.15) is 0 Å². The predicted molar refractivity (Wildman–Crippen MR) is 81.5 cm³/mol. The van der Waals surface area contributed by atoms with Gasteiger partial charge in [0.15, 0.2) is 0 Å². The SMILES string of the molecule is COc1ccc(N2CCCCC2)c(-c2cc(C(=O)O)on2)c1. The Balaban J connectivity index is 2.03. The summed E-state index contributed by atoms with van der Waals surface area (Å²) in [5.41, 5.74) is 2.38. The van der Waals surface area contributed by atoms with E-state index in [2.05, 4.69) is 10.1 Å². The topological polar surface area (TPSA) is 75.8 Å². The Morgan fingerprint density at radius 1 is 1.27 bits per heavy atom. The van der Waals surface area contributed by atoms with Crippen LogP contribution in [0.25, 0.3) is 11.3 Å². The molecule has 0 bridgehead atoms. The van der Waals surface area contributed by atoms with Crippen molar-refractivity contribution in [1.29, 1.82) is 0 Å². The van der Waals surface area contributed by atoms with E-state index in [0.29, 0.717) is 11.4 Å². The Hall–Kier alpha value is -2.50. The lowest BCUT2D eigenvalue weighted by Crippen LogP contribution is -2.29. The maximum atomic E-state index is 11.0. The zero-order valence-electron chi connectivity index (χ0n) is 12.4. The van der Waals surface area contributed by atoms with Crippen molar-refractivity contribution in [2.75, 3.05) is 25.1 Å². The molecule has 22 heavy (non-hydrogen) atoms. The summed E-state index contributed by atoms with van der Waals surface area (Å²) in [5, 5.41) is 12.9. The number of rotatable bonds is 4. The van der Waals surface area contributed by atoms with Crippen LogP contribution in [0.15, 0.2) is 28.8 Å². The van der Waals surface area contributed by atoms with Gasteiger partial charge in [-0.25, -0.2) is 4.79 Å². The smallest absolute Gasteiger partial charge is 0.374 e. The van der Waals surface area contributed by atoms with Gasteiger partial charge in [-0.1, -0.05) is 5.16 Å². The summed E-state index contributed by atoms with van der Waals surface area (Å²) >= 11 is 0. The van der Waals surface area contributed by atoms with Crippen molar-refractivity contribution < 1.29 is 19.2 Å². The van der Waals surface area contributed by atoms with Gasteiger partial charge in [-0.3, -0.25) is 0 Å². The third-order valence-electron chi connectivity index (χ3n) is 3.90. The molecule has 0 atom stereocenters. The zero-order valence-corrected chi connectivity index (χ0v) is 12.4. The highest BCUT2D eigenvalue weighted by molar-refractivity contribution is 5.87. The summed E-state index contributed by atoms with van der Waals surface area (Å²) in [6.45, 7) is 1.98. The van der Waals surface area contributed by atoms with Crippen molar-refractivity contribution in [2.45, 2.75) is 19.3 Å². The van der Waals surface area contributed by atoms with Crippen molar-refractivity contribution in [2.24, 2.45) is 0 Å². The van der Waals surface area contributed by atoms with Crippen LogP contribution in [0.1, 0.15) is 29.8 Å². The maximum absolute atomic E-state index is 11.0. The van der Waals surface area contributed by atoms with Gasteiger partial charge in [-0.15, -0.1) is 0 Å². The third-order valence-corrected chi connectivity index (χ3v) is 3.90. The largest absolute Gasteiger partial charge is 0.497 e. The van der Waals surface area contributed by atoms with Gasteiger partial charge in [0, 0.05) is 30.4 Å². The minimum atomic E-state index is -1.12. The summed E-state index contributed by atoms with van der Waals surface area (Å²) in [4.78, 5) is 13.3. The van der Waals surface area contributed by atoms with Crippen LogP contribution < -0.4 is 9.64 Å². The average Bonchev–Trinajstić information content (AvgIpc) is 3.05. The van der Waals surface area contributed by atoms with Gasteiger partial charge in [0.05, 0.1) is 7.11 Å². The lowest BCUT2D eigenvalue weighted by atomic mass is 10.0. The summed E-state index contributed by atoms with van der Waals surface area (Å²) in [6.07, 6.45) is 3.56. The minimum absolute atomic E-state index is 0.164. The quantitative estimate of drug-likeness (QED) is 0.935. The second kappa shape index (κ2) is 6.09. The first-order valence-corrected chi connectivity index (χ1v) is 7.32. The monoisotopic (exact) mass is 302 g/mol. The van der Waals surface area contributed by atoms with Gasteiger partial charge in [0.1, 0.15) is 11.4 Å². The molecule has 3 rings (SSSR count). The Labute approximate surface area is 128 Å². The van der Waals surface area contributed by atoms with E-state index in [0.717, 1.165) is 37.2 Å². The van der Waals surface area contributed by atoms with Gasteiger partial charge < -0.3 is 19.3 Å². The predicted octanol–water partition coefficient (Wildman–Crippen LogP) is 3.04. The van der Waals surface area contributed by atoms with Crippen molar-refractivity contribution in [3.05, 3.63) is 30.0 Å². The molecule has 6 nitrogen and oxygen atoms in total. The number of nitrogens with zero attached hydrogens (tertiary/aromatic N) is 2. The average molecular weight is 302 g/mol. The molecule has 1 N–H and O–H groups in total. The molecule has 1 aromatic heterocycles. The fourth-order valence-electron chi connectivity index (χ4n) is 2.76. The standard InChI is InChI=1S/C16H18N2O4/c1-21-11-5-6-14(18-7-3-2-4-8-18)12(9-11)13-10-15(16(19)20)22-17-13/h5-6,9-10H,2-4,7-8H2,1H3,(H,19,20). The van der Waals surface area contributed by atoms with Gasteiger partial charge in [0.2, 0.25) is 5.76 Å². The van der Waals surface area contributed by atoms with Crippen LogP contribution in [-0.4, -0.2) is 36.4 Å². The highest BCUT2D eigenvalue weighted by Crippen LogP contribution is 2.35. The summed E-state index contributed by atoms with van der Waals surface area (Å²) in [7, 11) is 1.60. The first-order chi connectivity index (χ1) is 10.7. The molecule has 116 valence electrons. The third kappa shape index (κ3) is 2.77. The number of hydrogen-bond donors (Lipinski definition) is 1. The molecule has 6 heteroatoms. The molecule has 1 aliphatic heterocycles. The second-order valence-electron chi connectivity index (χ2n) is 5.31. The van der Waals surface area contributed by atoms with E-state index in [9.17, 15) is 4.79 Å². The number of benzene rings is 1. The number of carboxylic acids is 1. The Bertz CT molecular complexity index is 675. The van der Waals surface area contributed by atoms with E-state index in [-0.39, 0.29) is 5.76 Å². The van der Waals surface area contributed by atoms with Crippen molar-refractivity contribution >= 4 is 11.7 Å². The van der Waals surface area contributed by atoms with Gasteiger partial charge in [-0.05, 0) is 37.5 Å². The zero-order chi connectivity index (χ0) is 15.5. The van der Waals surface area contributed by atoms with Crippen LogP contribution >= 0.6 is 0 Å². The number of piperidine rings is 1. The van der Waals surface area contributed by atoms with E-state index < -0.39 is 5.97 Å². The number of anilines is 1. The van der Waals surface area contributed by atoms with Crippen LogP contribution in [-0.2, 0) is 0 Å². The molecule has 1 saturated heterocycles. The molecule has 1 aliphatic rings. The number of aromatic nitrogens is 1. The summed E-state index contributed by atoms with van der Waals surface area (Å²) in [5.74, 6) is -0.584. The van der Waals surface area contributed by atoms with E-state index in [1.807, 2.05) is 18.2 Å². The van der Waals surface area contributed by atoms with Crippen LogP contribution in [0.2, 0.25) is 0 Å². The van der Waals surface area contributed by atoms with Crippen molar-refractivity contribution in [1.82, 2.24) is 5.16 Å². The molecule has 2 aromatic rings. The molecule has 1 aromatic carbocycles. The summed E-state index contributed by atoms with van der Waals surface area (Å²) < 4.78 is 10.2. The van der Waals surface area contributed by atoms with Crippen molar-refractivity contribution in [3.63, 3.8) is 0 Å². The molecule has 0 amide bonds. The number of aromatic carboxylic acids is 1. The van der Waals surface area contributed by atoms with Crippen LogP contribution in [0, 0.1) is 0 Å². The fourth-order valence-corrected chi connectivity index (χ4v) is 2.76. The maximum Gasteiger partial charge on any atom is 0.374 e. The molecular weight excluding hydrogens is 284 g/mol. The highest BCUT2D eigenvalue weighted by Gasteiger charge is 2.20. The summed E-state index contributed by atoms with van der Waals surface area (Å²) in [6, 6.07) is 7.22. The Morgan fingerprint density at radius 3 is 2.68 bits per heavy atom. The normalized spacial score (nSPS) is 14.9. The van der Waals surface area contributed by atoms with E-state index in [1.54, 1.807) is 7.11 Å². The second-order valence-corrected chi connectivity index (χ2v) is 5.31. The molecule has 0 aliphatic carbocycles. The van der Waals surface area contributed by atoms with Gasteiger partial charge in [0.25, 0.3) is 0 Å². The Kier molecular flexibility index (Phi) is 4.00. The number of methoxy groups -OCH3 is 1. The molecule has 1 fully saturated rings. The number of ether oxygens (including phenoxy) is 1. The minimum Gasteiger partial charge on any atom is -0.497 e. The van der Waals surface area contributed by atoms with E-state index >= 15 is 0 Å². The number of carboxylic acid groups (broad SMARTS) is 1. The molecule has 0 saturated carbocycles. The molecule has 2 heterocycles. The molecule has 0 radical (unpaired) electrons. The molecule has 0 unspecified atom stereocenters. The molecule has 0 spiro atoms. The van der Waals surface area contributed by atoms with Crippen LogP contribution in [0.4, 0.5) is 5.69 Å². The highest BCUT2D eigenvalue weighted by atomic mass is 16.5. The molecular formula is C16H18N2O4. The van der Waals surface area contributed by atoms with E-state index in [4.69, 9.17) is 14.4 Å². The fraction of sp³-hybridized carbons (Fsp3) is 0.375. The number of hydrogen-bond acceptors (Lipinski definition) is 5. The lowest BCUT2D eigenvalue weighted by Gasteiger charge is -2.30. The Morgan fingerprint density at radius 2 is 2.05 bits per heavy atom. The van der Waals surface area contributed by atoms with E-state index in [1.165, 1.54) is 12.5 Å². The number of carbonyl (C=O) groups is 1. The first-order valence-electron chi connectivity index (χ1n) is 7.32. The lowest BCUT2D eigenvalue weighted by molar-refractivity contribution is 0.0652. The van der Waals surface area contributed by atoms with Crippen LogP contribution in [0.3, 0.4) is 0 Å². The van der Waals surface area contributed by atoms with Crippen LogP contribution in [0.5, 0.6) is 5.75 Å². The van der Waals surface area contributed by atoms with Crippen molar-refractivity contribution in [3.8, 4) is 17.0 Å². The first kappa shape index (κ1) is 14.4.